The highest BCUT2D eigenvalue weighted by Crippen LogP contribution is 2.24. The van der Waals surface area contributed by atoms with E-state index in [4.69, 9.17) is 4.74 Å². The summed E-state index contributed by atoms with van der Waals surface area (Å²) in [6, 6.07) is 6.49. The minimum Gasteiger partial charge on any atom is -0.468 e. The van der Waals surface area contributed by atoms with Crippen molar-refractivity contribution in [1.29, 1.82) is 0 Å². The Hall–Kier alpha value is -1.00. The summed E-state index contributed by atoms with van der Waals surface area (Å²) in [5.74, 6) is 0.696. The van der Waals surface area contributed by atoms with Crippen molar-refractivity contribution in [3.63, 3.8) is 0 Å². The minimum atomic E-state index is -0.600. The minimum absolute atomic E-state index is 0.184. The van der Waals surface area contributed by atoms with Crippen LogP contribution in [0.2, 0.25) is 0 Å². The predicted octanol–water partition coefficient (Wildman–Crippen LogP) is 3.72. The molecular formula is C17H27NO2S. The first-order valence-electron chi connectivity index (χ1n) is 7.46. The molecule has 1 N–H and O–H groups in total. The number of hydrogen-bond acceptors (Lipinski definition) is 4. The molecule has 118 valence electrons. The van der Waals surface area contributed by atoms with Crippen LogP contribution in [0.4, 0.5) is 0 Å². The van der Waals surface area contributed by atoms with E-state index in [-0.39, 0.29) is 5.97 Å². The maximum absolute atomic E-state index is 12.0. The number of thioether (sulfide) groups is 1. The topological polar surface area (TPSA) is 38.3 Å². The first kappa shape index (κ1) is 18.1. The quantitative estimate of drug-likeness (QED) is 0.587. The first-order chi connectivity index (χ1) is 9.92. The van der Waals surface area contributed by atoms with Crippen LogP contribution in [0, 0.1) is 13.8 Å². The van der Waals surface area contributed by atoms with E-state index in [2.05, 4.69) is 44.3 Å². The fourth-order valence-electron chi connectivity index (χ4n) is 2.07. The third-order valence-corrected chi connectivity index (χ3v) is 4.75. The Labute approximate surface area is 132 Å². The summed E-state index contributed by atoms with van der Waals surface area (Å²) >= 11 is 1.78. The molecule has 0 aliphatic heterocycles. The van der Waals surface area contributed by atoms with Crippen molar-refractivity contribution >= 4 is 17.7 Å². The smallest absolute Gasteiger partial charge is 0.325 e. The number of aryl methyl sites for hydroxylation is 2. The van der Waals surface area contributed by atoms with E-state index in [1.807, 2.05) is 6.92 Å². The van der Waals surface area contributed by atoms with Crippen molar-refractivity contribution in [2.75, 3.05) is 19.4 Å². The number of methoxy groups -OCH3 is 1. The van der Waals surface area contributed by atoms with Gasteiger partial charge in [0.05, 0.1) is 7.11 Å². The van der Waals surface area contributed by atoms with Crippen molar-refractivity contribution in [1.82, 2.24) is 5.32 Å². The molecule has 3 nitrogen and oxygen atoms in total. The zero-order chi connectivity index (χ0) is 15.9. The monoisotopic (exact) mass is 309 g/mol. The Morgan fingerprint density at radius 2 is 2.05 bits per heavy atom. The molecule has 0 aliphatic rings. The molecule has 0 saturated heterocycles. The molecule has 0 amide bonds. The van der Waals surface area contributed by atoms with Gasteiger partial charge in [0, 0.05) is 10.6 Å². The zero-order valence-electron chi connectivity index (χ0n) is 13.8. The van der Waals surface area contributed by atoms with Gasteiger partial charge in [-0.2, -0.15) is 0 Å². The lowest BCUT2D eigenvalue weighted by atomic mass is 9.99. The molecule has 0 spiro atoms. The zero-order valence-corrected chi connectivity index (χ0v) is 14.6. The van der Waals surface area contributed by atoms with Crippen molar-refractivity contribution in [2.24, 2.45) is 0 Å². The van der Waals surface area contributed by atoms with Crippen LogP contribution in [-0.2, 0) is 9.53 Å². The molecule has 0 bridgehead atoms. The number of rotatable bonds is 8. The molecule has 1 aromatic rings. The summed E-state index contributed by atoms with van der Waals surface area (Å²) in [5, 5.41) is 3.32. The average molecular weight is 309 g/mol. The molecule has 1 unspecified atom stereocenters. The van der Waals surface area contributed by atoms with Gasteiger partial charge in [-0.15, -0.1) is 11.8 Å². The standard InChI is InChI=1S/C17H27NO2S/c1-6-10-18-17(4,16(19)20-5)9-11-21-15-8-7-13(2)14(3)12-15/h7-8,12,18H,6,9-11H2,1-5H3. The van der Waals surface area contributed by atoms with E-state index in [1.165, 1.54) is 23.1 Å². The van der Waals surface area contributed by atoms with Crippen LogP contribution in [0.15, 0.2) is 23.1 Å². The number of carbonyl (C=O) groups excluding carboxylic acids is 1. The summed E-state index contributed by atoms with van der Waals surface area (Å²) in [5.41, 5.74) is 2.01. The Bertz CT molecular complexity index is 476. The van der Waals surface area contributed by atoms with Gasteiger partial charge >= 0.3 is 5.97 Å². The van der Waals surface area contributed by atoms with Crippen molar-refractivity contribution < 1.29 is 9.53 Å². The maximum Gasteiger partial charge on any atom is 0.325 e. The fourth-order valence-corrected chi connectivity index (χ4v) is 3.24. The lowest BCUT2D eigenvalue weighted by Crippen LogP contribution is -2.50. The fraction of sp³-hybridized carbons (Fsp3) is 0.588. The molecule has 0 aliphatic carbocycles. The van der Waals surface area contributed by atoms with Crippen LogP contribution in [0.5, 0.6) is 0 Å². The molecule has 0 aromatic heterocycles. The second-order valence-corrected chi connectivity index (χ2v) is 6.76. The molecule has 1 atom stereocenters. The van der Waals surface area contributed by atoms with Gasteiger partial charge in [0.1, 0.15) is 5.54 Å². The summed E-state index contributed by atoms with van der Waals surface area (Å²) in [4.78, 5) is 13.2. The van der Waals surface area contributed by atoms with Crippen molar-refractivity contribution in [3.8, 4) is 0 Å². The average Bonchev–Trinajstić information content (AvgIpc) is 2.48. The highest BCUT2D eigenvalue weighted by atomic mass is 32.2. The predicted molar refractivity (Wildman–Crippen MR) is 90.0 cm³/mol. The summed E-state index contributed by atoms with van der Waals surface area (Å²) in [6.07, 6.45) is 1.74. The molecule has 1 aromatic carbocycles. The summed E-state index contributed by atoms with van der Waals surface area (Å²) in [6.45, 7) is 9.08. The number of carbonyl (C=O) groups is 1. The van der Waals surface area contributed by atoms with Crippen LogP contribution < -0.4 is 5.32 Å². The molecule has 1 rings (SSSR count). The van der Waals surface area contributed by atoms with E-state index >= 15 is 0 Å². The highest BCUT2D eigenvalue weighted by molar-refractivity contribution is 7.99. The first-order valence-corrected chi connectivity index (χ1v) is 8.45. The third-order valence-electron chi connectivity index (χ3n) is 3.75. The highest BCUT2D eigenvalue weighted by Gasteiger charge is 2.33. The van der Waals surface area contributed by atoms with E-state index in [0.717, 1.165) is 25.1 Å². The third kappa shape index (κ3) is 5.36. The number of esters is 1. The summed E-state index contributed by atoms with van der Waals surface area (Å²) in [7, 11) is 1.45. The Morgan fingerprint density at radius 3 is 2.62 bits per heavy atom. The Balaban J connectivity index is 2.60. The van der Waals surface area contributed by atoms with Gasteiger partial charge in [-0.05, 0) is 63.4 Å². The lowest BCUT2D eigenvalue weighted by molar-refractivity contribution is -0.148. The summed E-state index contributed by atoms with van der Waals surface area (Å²) < 4.78 is 4.94. The maximum atomic E-state index is 12.0. The molecule has 21 heavy (non-hydrogen) atoms. The molecular weight excluding hydrogens is 282 g/mol. The molecule has 0 fully saturated rings. The largest absolute Gasteiger partial charge is 0.468 e. The Morgan fingerprint density at radius 1 is 1.33 bits per heavy atom. The number of nitrogens with one attached hydrogen (secondary N) is 1. The molecule has 0 saturated carbocycles. The van der Waals surface area contributed by atoms with E-state index < -0.39 is 5.54 Å². The number of ether oxygens (including phenoxy) is 1. The van der Waals surface area contributed by atoms with Gasteiger partial charge in [-0.3, -0.25) is 4.79 Å². The van der Waals surface area contributed by atoms with E-state index in [0.29, 0.717) is 0 Å². The lowest BCUT2D eigenvalue weighted by Gasteiger charge is -2.27. The van der Waals surface area contributed by atoms with Gasteiger partial charge < -0.3 is 10.1 Å². The van der Waals surface area contributed by atoms with Gasteiger partial charge in [0.2, 0.25) is 0 Å². The van der Waals surface area contributed by atoms with E-state index in [1.54, 1.807) is 11.8 Å². The normalized spacial score (nSPS) is 13.8. The van der Waals surface area contributed by atoms with Gasteiger partial charge in [0.25, 0.3) is 0 Å². The van der Waals surface area contributed by atoms with Crippen LogP contribution >= 0.6 is 11.8 Å². The van der Waals surface area contributed by atoms with Crippen molar-refractivity contribution in [3.05, 3.63) is 29.3 Å². The van der Waals surface area contributed by atoms with Crippen LogP contribution in [-0.4, -0.2) is 30.9 Å². The van der Waals surface area contributed by atoms with Gasteiger partial charge in [0.15, 0.2) is 0 Å². The second-order valence-electron chi connectivity index (χ2n) is 5.59. The van der Waals surface area contributed by atoms with Crippen LogP contribution in [0.25, 0.3) is 0 Å². The van der Waals surface area contributed by atoms with Gasteiger partial charge in [-0.1, -0.05) is 13.0 Å². The Kier molecular flexibility index (Phi) is 7.26. The molecule has 0 radical (unpaired) electrons. The van der Waals surface area contributed by atoms with Crippen LogP contribution in [0.1, 0.15) is 37.8 Å². The second kappa shape index (κ2) is 8.44. The molecule has 0 heterocycles. The van der Waals surface area contributed by atoms with Crippen LogP contribution in [0.3, 0.4) is 0 Å². The van der Waals surface area contributed by atoms with Crippen molar-refractivity contribution in [2.45, 2.75) is 51.0 Å². The number of benzene rings is 1. The molecule has 4 heteroatoms. The van der Waals surface area contributed by atoms with E-state index in [9.17, 15) is 4.79 Å². The van der Waals surface area contributed by atoms with Gasteiger partial charge in [-0.25, -0.2) is 0 Å². The SMILES string of the molecule is CCCNC(C)(CCSc1ccc(C)c(C)c1)C(=O)OC. The number of hydrogen-bond donors (Lipinski definition) is 1.